The Kier molecular flexibility index (Phi) is 3.44. The number of nitrogens with zero attached hydrogens (tertiary/aromatic N) is 2. The Balaban J connectivity index is 2.63. The Morgan fingerprint density at radius 2 is 1.84 bits per heavy atom. The fraction of sp³-hybridized carbons (Fsp3) is 0.0909. The molecule has 2 N–H and O–H groups in total. The largest absolute Gasteiger partial charge is 0.433 e. The Hall–Kier alpha value is -1.70. The highest BCUT2D eigenvalue weighted by molar-refractivity contribution is 9.10. The number of aromatic nitrogens is 2. The van der Waals surface area contributed by atoms with Gasteiger partial charge in [0, 0.05) is 5.56 Å². The SMILES string of the molecule is Nc1nc(-c2cccc(Br)c2F)cc(C(F)(F)F)n1. The molecule has 8 heteroatoms. The molecule has 2 aromatic rings. The lowest BCUT2D eigenvalue weighted by Crippen LogP contribution is -2.11. The minimum atomic E-state index is -4.67. The summed E-state index contributed by atoms with van der Waals surface area (Å²) >= 11 is 2.95. The molecule has 0 radical (unpaired) electrons. The van der Waals surface area contributed by atoms with Crippen molar-refractivity contribution in [1.82, 2.24) is 9.97 Å². The molecule has 0 aliphatic rings. The zero-order chi connectivity index (χ0) is 14.2. The predicted molar refractivity (Wildman–Crippen MR) is 64.5 cm³/mol. The van der Waals surface area contributed by atoms with Crippen molar-refractivity contribution in [3.8, 4) is 11.3 Å². The van der Waals surface area contributed by atoms with E-state index in [1.165, 1.54) is 18.2 Å². The molecular formula is C11H6BrF4N3. The molecule has 0 amide bonds. The van der Waals surface area contributed by atoms with Crippen LogP contribution in [0.2, 0.25) is 0 Å². The van der Waals surface area contributed by atoms with Crippen molar-refractivity contribution in [1.29, 1.82) is 0 Å². The third-order valence-corrected chi connectivity index (χ3v) is 2.87. The molecule has 0 saturated carbocycles. The van der Waals surface area contributed by atoms with Crippen LogP contribution in [0.4, 0.5) is 23.5 Å². The highest BCUT2D eigenvalue weighted by atomic mass is 79.9. The first-order valence-corrected chi connectivity index (χ1v) is 5.74. The number of anilines is 1. The summed E-state index contributed by atoms with van der Waals surface area (Å²) in [5.74, 6) is -1.28. The maximum Gasteiger partial charge on any atom is 0.433 e. The Morgan fingerprint density at radius 1 is 1.16 bits per heavy atom. The minimum Gasteiger partial charge on any atom is -0.368 e. The van der Waals surface area contributed by atoms with E-state index in [1.54, 1.807) is 0 Å². The number of hydrogen-bond acceptors (Lipinski definition) is 3. The summed E-state index contributed by atoms with van der Waals surface area (Å²) < 4.78 is 51.7. The van der Waals surface area contributed by atoms with Crippen LogP contribution in [0.15, 0.2) is 28.7 Å². The molecule has 1 aromatic heterocycles. The summed E-state index contributed by atoms with van der Waals surface area (Å²) in [5.41, 5.74) is 3.70. The fourth-order valence-electron chi connectivity index (χ4n) is 1.45. The second-order valence-electron chi connectivity index (χ2n) is 3.60. The summed E-state index contributed by atoms with van der Waals surface area (Å²) in [5, 5.41) is 0. The summed E-state index contributed by atoms with van der Waals surface area (Å²) in [7, 11) is 0. The predicted octanol–water partition coefficient (Wildman–Crippen LogP) is 3.65. The van der Waals surface area contributed by atoms with Gasteiger partial charge in [-0.25, -0.2) is 14.4 Å². The van der Waals surface area contributed by atoms with Gasteiger partial charge in [0.15, 0.2) is 5.69 Å². The molecule has 1 aromatic carbocycles. The first-order chi connectivity index (χ1) is 8.79. The van der Waals surface area contributed by atoms with E-state index < -0.39 is 23.6 Å². The third-order valence-electron chi connectivity index (χ3n) is 2.26. The van der Waals surface area contributed by atoms with Crippen LogP contribution in [0.5, 0.6) is 0 Å². The standard InChI is InChI=1S/C11H6BrF4N3/c12-6-3-1-2-5(9(6)13)7-4-8(11(14,15)16)19-10(17)18-7/h1-4H,(H2,17,18,19). The highest BCUT2D eigenvalue weighted by Crippen LogP contribution is 2.32. The van der Waals surface area contributed by atoms with Crippen LogP contribution in [0.25, 0.3) is 11.3 Å². The Bertz CT molecular complexity index is 628. The van der Waals surface area contributed by atoms with E-state index in [2.05, 4.69) is 25.9 Å². The van der Waals surface area contributed by atoms with Crippen LogP contribution in [0.3, 0.4) is 0 Å². The lowest BCUT2D eigenvalue weighted by atomic mass is 10.1. The number of nitrogen functional groups attached to an aromatic ring is 1. The normalized spacial score (nSPS) is 11.6. The molecule has 3 nitrogen and oxygen atoms in total. The first kappa shape index (κ1) is 13.7. The maximum absolute atomic E-state index is 13.8. The zero-order valence-corrected chi connectivity index (χ0v) is 10.8. The molecule has 0 spiro atoms. The average molecular weight is 336 g/mol. The zero-order valence-electron chi connectivity index (χ0n) is 9.17. The van der Waals surface area contributed by atoms with E-state index in [0.717, 1.165) is 0 Å². The van der Waals surface area contributed by atoms with Gasteiger partial charge in [-0.2, -0.15) is 13.2 Å². The molecule has 0 atom stereocenters. The van der Waals surface area contributed by atoms with Crippen LogP contribution in [-0.2, 0) is 6.18 Å². The van der Waals surface area contributed by atoms with Gasteiger partial charge in [0.25, 0.3) is 0 Å². The summed E-state index contributed by atoms with van der Waals surface area (Å²) in [6.07, 6.45) is -4.67. The lowest BCUT2D eigenvalue weighted by Gasteiger charge is -2.09. The number of benzene rings is 1. The summed E-state index contributed by atoms with van der Waals surface area (Å²) in [6, 6.07) is 4.87. The molecular weight excluding hydrogens is 330 g/mol. The van der Waals surface area contributed by atoms with Gasteiger partial charge in [-0.15, -0.1) is 0 Å². The van der Waals surface area contributed by atoms with E-state index in [9.17, 15) is 17.6 Å². The summed E-state index contributed by atoms with van der Waals surface area (Å²) in [6.45, 7) is 0. The van der Waals surface area contributed by atoms with Gasteiger partial charge in [-0.05, 0) is 34.1 Å². The topological polar surface area (TPSA) is 51.8 Å². The van der Waals surface area contributed by atoms with E-state index in [-0.39, 0.29) is 15.7 Å². The van der Waals surface area contributed by atoms with E-state index in [1.807, 2.05) is 0 Å². The van der Waals surface area contributed by atoms with E-state index in [4.69, 9.17) is 5.73 Å². The molecule has 0 aliphatic heterocycles. The highest BCUT2D eigenvalue weighted by Gasteiger charge is 2.33. The molecule has 0 unspecified atom stereocenters. The average Bonchev–Trinajstić information content (AvgIpc) is 2.31. The summed E-state index contributed by atoms with van der Waals surface area (Å²) in [4.78, 5) is 6.72. The minimum absolute atomic E-state index is 0.0889. The number of rotatable bonds is 1. The van der Waals surface area contributed by atoms with Crippen molar-refractivity contribution < 1.29 is 17.6 Å². The number of hydrogen-bond donors (Lipinski definition) is 1. The van der Waals surface area contributed by atoms with Crippen molar-refractivity contribution in [3.63, 3.8) is 0 Å². The molecule has 0 aliphatic carbocycles. The number of halogens is 5. The first-order valence-electron chi connectivity index (χ1n) is 4.95. The quantitative estimate of drug-likeness (QED) is 0.809. The maximum atomic E-state index is 13.8. The smallest absolute Gasteiger partial charge is 0.368 e. The second kappa shape index (κ2) is 4.76. The molecule has 100 valence electrons. The molecule has 0 fully saturated rings. The van der Waals surface area contributed by atoms with Crippen molar-refractivity contribution in [2.75, 3.05) is 5.73 Å². The molecule has 0 saturated heterocycles. The monoisotopic (exact) mass is 335 g/mol. The van der Waals surface area contributed by atoms with Gasteiger partial charge in [0.05, 0.1) is 10.2 Å². The van der Waals surface area contributed by atoms with E-state index >= 15 is 0 Å². The van der Waals surface area contributed by atoms with Crippen LogP contribution >= 0.6 is 15.9 Å². The van der Waals surface area contributed by atoms with Crippen LogP contribution < -0.4 is 5.73 Å². The van der Waals surface area contributed by atoms with Crippen LogP contribution in [0.1, 0.15) is 5.69 Å². The molecule has 1 heterocycles. The Labute approximate surface area is 113 Å². The van der Waals surface area contributed by atoms with Crippen molar-refractivity contribution in [2.45, 2.75) is 6.18 Å². The van der Waals surface area contributed by atoms with Crippen LogP contribution in [0, 0.1) is 5.82 Å². The lowest BCUT2D eigenvalue weighted by molar-refractivity contribution is -0.141. The van der Waals surface area contributed by atoms with Crippen molar-refractivity contribution >= 4 is 21.9 Å². The second-order valence-corrected chi connectivity index (χ2v) is 4.45. The fourth-order valence-corrected chi connectivity index (χ4v) is 1.82. The van der Waals surface area contributed by atoms with Gasteiger partial charge in [-0.1, -0.05) is 6.07 Å². The van der Waals surface area contributed by atoms with Gasteiger partial charge >= 0.3 is 6.18 Å². The van der Waals surface area contributed by atoms with Crippen molar-refractivity contribution in [3.05, 3.63) is 40.2 Å². The van der Waals surface area contributed by atoms with Gasteiger partial charge in [0.1, 0.15) is 5.82 Å². The molecule has 19 heavy (non-hydrogen) atoms. The van der Waals surface area contributed by atoms with Gasteiger partial charge in [-0.3, -0.25) is 0 Å². The van der Waals surface area contributed by atoms with Crippen LogP contribution in [-0.4, -0.2) is 9.97 Å². The molecule has 2 rings (SSSR count). The Morgan fingerprint density at radius 3 is 2.47 bits per heavy atom. The number of alkyl halides is 3. The third kappa shape index (κ3) is 2.83. The van der Waals surface area contributed by atoms with E-state index in [0.29, 0.717) is 6.07 Å². The van der Waals surface area contributed by atoms with Gasteiger partial charge in [0.2, 0.25) is 5.95 Å². The molecule has 0 bridgehead atoms. The van der Waals surface area contributed by atoms with Crippen molar-refractivity contribution in [2.24, 2.45) is 0 Å². The van der Waals surface area contributed by atoms with Gasteiger partial charge < -0.3 is 5.73 Å². The number of nitrogens with two attached hydrogens (primary N) is 1.